The highest BCUT2D eigenvalue weighted by molar-refractivity contribution is 5.96. The molecule has 102 valence electrons. The van der Waals surface area contributed by atoms with Crippen LogP contribution in [0.2, 0.25) is 0 Å². The van der Waals surface area contributed by atoms with E-state index in [-0.39, 0.29) is 6.03 Å². The van der Waals surface area contributed by atoms with Gasteiger partial charge < -0.3 is 10.2 Å². The molecule has 0 spiro atoms. The number of benzene rings is 1. The molecular formula is C15H21N3O. The Hall–Kier alpha value is -1.55. The van der Waals surface area contributed by atoms with Crippen molar-refractivity contribution in [3.05, 3.63) is 29.3 Å². The first kappa shape index (κ1) is 12.5. The molecule has 4 nitrogen and oxygen atoms in total. The predicted molar refractivity (Wildman–Crippen MR) is 76.6 cm³/mol. The standard InChI is InChI=1S/C15H21N3O/c1-11-4-3-5-12(2)14(11)18-9-8-17(15(18)19)13-6-7-16-10-13/h3-5,13,16H,6-10H2,1-2H3. The van der Waals surface area contributed by atoms with E-state index in [1.54, 1.807) is 0 Å². The molecule has 1 atom stereocenters. The molecule has 2 fully saturated rings. The number of hydrogen-bond acceptors (Lipinski definition) is 2. The van der Waals surface area contributed by atoms with Crippen LogP contribution in [-0.4, -0.2) is 43.2 Å². The minimum Gasteiger partial charge on any atom is -0.318 e. The fourth-order valence-corrected chi connectivity index (χ4v) is 3.24. The molecule has 2 heterocycles. The molecule has 1 aromatic rings. The zero-order chi connectivity index (χ0) is 13.4. The highest BCUT2D eigenvalue weighted by atomic mass is 16.2. The Morgan fingerprint density at radius 1 is 1.21 bits per heavy atom. The summed E-state index contributed by atoms with van der Waals surface area (Å²) < 4.78 is 0. The summed E-state index contributed by atoms with van der Waals surface area (Å²) in [4.78, 5) is 16.6. The Morgan fingerprint density at radius 2 is 1.95 bits per heavy atom. The summed E-state index contributed by atoms with van der Waals surface area (Å²) in [5, 5.41) is 3.33. The van der Waals surface area contributed by atoms with Gasteiger partial charge in [0.15, 0.2) is 0 Å². The number of anilines is 1. The third-order valence-electron chi connectivity index (χ3n) is 4.23. The van der Waals surface area contributed by atoms with Gasteiger partial charge in [-0.2, -0.15) is 0 Å². The first-order chi connectivity index (χ1) is 9.18. The topological polar surface area (TPSA) is 35.6 Å². The van der Waals surface area contributed by atoms with Crippen LogP contribution in [0.4, 0.5) is 10.5 Å². The fourth-order valence-electron chi connectivity index (χ4n) is 3.24. The molecule has 2 aliphatic rings. The number of urea groups is 1. The minimum atomic E-state index is 0.172. The van der Waals surface area contributed by atoms with Crippen molar-refractivity contribution in [1.29, 1.82) is 0 Å². The van der Waals surface area contributed by atoms with Crippen molar-refractivity contribution in [2.75, 3.05) is 31.1 Å². The number of nitrogens with one attached hydrogen (secondary N) is 1. The predicted octanol–water partition coefficient (Wildman–Crippen LogP) is 1.91. The minimum absolute atomic E-state index is 0.172. The van der Waals surface area contributed by atoms with Crippen LogP contribution in [0.5, 0.6) is 0 Å². The van der Waals surface area contributed by atoms with E-state index in [0.29, 0.717) is 6.04 Å². The number of rotatable bonds is 2. The van der Waals surface area contributed by atoms with Gasteiger partial charge in [-0.25, -0.2) is 4.79 Å². The Morgan fingerprint density at radius 3 is 2.58 bits per heavy atom. The summed E-state index contributed by atoms with van der Waals surface area (Å²) in [6.45, 7) is 7.77. The second-order valence-corrected chi connectivity index (χ2v) is 5.51. The zero-order valence-electron chi connectivity index (χ0n) is 11.6. The van der Waals surface area contributed by atoms with Gasteiger partial charge in [0.05, 0.1) is 5.69 Å². The van der Waals surface area contributed by atoms with Crippen molar-refractivity contribution in [2.24, 2.45) is 0 Å². The average molecular weight is 259 g/mol. The van der Waals surface area contributed by atoms with E-state index in [0.717, 1.165) is 38.3 Å². The third-order valence-corrected chi connectivity index (χ3v) is 4.23. The van der Waals surface area contributed by atoms with E-state index in [1.165, 1.54) is 11.1 Å². The fraction of sp³-hybridized carbons (Fsp3) is 0.533. The van der Waals surface area contributed by atoms with Gasteiger partial charge in [-0.15, -0.1) is 0 Å². The smallest absolute Gasteiger partial charge is 0.318 e. The first-order valence-corrected chi connectivity index (χ1v) is 7.03. The van der Waals surface area contributed by atoms with Gasteiger partial charge in [0.1, 0.15) is 0 Å². The van der Waals surface area contributed by atoms with Gasteiger partial charge >= 0.3 is 6.03 Å². The lowest BCUT2D eigenvalue weighted by Gasteiger charge is -2.25. The molecule has 19 heavy (non-hydrogen) atoms. The summed E-state index contributed by atoms with van der Waals surface area (Å²) in [6.07, 6.45) is 1.08. The van der Waals surface area contributed by atoms with Crippen molar-refractivity contribution < 1.29 is 4.79 Å². The molecule has 0 radical (unpaired) electrons. The molecule has 4 heteroatoms. The molecule has 3 rings (SSSR count). The molecule has 1 aromatic carbocycles. The number of hydrogen-bond donors (Lipinski definition) is 1. The van der Waals surface area contributed by atoms with E-state index in [1.807, 2.05) is 15.9 Å². The lowest BCUT2D eigenvalue weighted by molar-refractivity contribution is 0.205. The normalized spacial score (nSPS) is 23.5. The van der Waals surface area contributed by atoms with Gasteiger partial charge in [-0.05, 0) is 37.9 Å². The highest BCUT2D eigenvalue weighted by Gasteiger charge is 2.36. The van der Waals surface area contributed by atoms with Gasteiger partial charge in [-0.1, -0.05) is 18.2 Å². The van der Waals surface area contributed by atoms with Gasteiger partial charge in [-0.3, -0.25) is 4.90 Å². The van der Waals surface area contributed by atoms with Gasteiger partial charge in [0, 0.05) is 25.7 Å². The van der Waals surface area contributed by atoms with Crippen molar-refractivity contribution in [2.45, 2.75) is 26.3 Å². The Kier molecular flexibility index (Phi) is 3.19. The second kappa shape index (κ2) is 4.85. The number of aryl methyl sites for hydroxylation is 2. The van der Waals surface area contributed by atoms with Crippen LogP contribution in [0, 0.1) is 13.8 Å². The monoisotopic (exact) mass is 259 g/mol. The van der Waals surface area contributed by atoms with Crippen LogP contribution >= 0.6 is 0 Å². The summed E-state index contributed by atoms with van der Waals surface area (Å²) in [7, 11) is 0. The van der Waals surface area contributed by atoms with Crippen molar-refractivity contribution in [1.82, 2.24) is 10.2 Å². The number of amides is 2. The zero-order valence-corrected chi connectivity index (χ0v) is 11.6. The SMILES string of the molecule is Cc1cccc(C)c1N1CCN(C2CCNC2)C1=O. The largest absolute Gasteiger partial charge is 0.324 e. The number of carbonyl (C=O) groups excluding carboxylic acids is 1. The number of nitrogens with zero attached hydrogens (tertiary/aromatic N) is 2. The lowest BCUT2D eigenvalue weighted by Crippen LogP contribution is -2.40. The molecule has 2 amide bonds. The number of carbonyl (C=O) groups is 1. The maximum absolute atomic E-state index is 12.6. The van der Waals surface area contributed by atoms with Crippen LogP contribution in [-0.2, 0) is 0 Å². The summed E-state index contributed by atoms with van der Waals surface area (Å²) in [5.41, 5.74) is 3.46. The Labute approximate surface area is 114 Å². The van der Waals surface area contributed by atoms with Crippen LogP contribution in [0.15, 0.2) is 18.2 Å². The molecule has 1 N–H and O–H groups in total. The lowest BCUT2D eigenvalue weighted by atomic mass is 10.1. The van der Waals surface area contributed by atoms with Crippen molar-refractivity contribution in [3.63, 3.8) is 0 Å². The van der Waals surface area contributed by atoms with E-state index in [2.05, 4.69) is 31.3 Å². The van der Waals surface area contributed by atoms with E-state index in [9.17, 15) is 4.79 Å². The maximum atomic E-state index is 12.6. The van der Waals surface area contributed by atoms with E-state index in [4.69, 9.17) is 0 Å². The van der Waals surface area contributed by atoms with Crippen molar-refractivity contribution in [3.8, 4) is 0 Å². The molecule has 0 saturated carbocycles. The van der Waals surface area contributed by atoms with Crippen molar-refractivity contribution >= 4 is 11.7 Å². The molecule has 2 aliphatic heterocycles. The quantitative estimate of drug-likeness (QED) is 0.880. The first-order valence-electron chi connectivity index (χ1n) is 7.03. The molecule has 2 saturated heterocycles. The molecule has 0 aliphatic carbocycles. The molecule has 0 aromatic heterocycles. The summed E-state index contributed by atoms with van der Waals surface area (Å²) in [6, 6.07) is 6.76. The van der Waals surface area contributed by atoms with Gasteiger partial charge in [0.2, 0.25) is 0 Å². The molecule has 1 unspecified atom stereocenters. The van der Waals surface area contributed by atoms with Crippen LogP contribution in [0.3, 0.4) is 0 Å². The summed E-state index contributed by atoms with van der Waals surface area (Å²) in [5.74, 6) is 0. The summed E-state index contributed by atoms with van der Waals surface area (Å²) >= 11 is 0. The molecular weight excluding hydrogens is 238 g/mol. The Balaban J connectivity index is 1.85. The van der Waals surface area contributed by atoms with E-state index < -0.39 is 0 Å². The van der Waals surface area contributed by atoms with Gasteiger partial charge in [0.25, 0.3) is 0 Å². The maximum Gasteiger partial charge on any atom is 0.324 e. The molecule has 0 bridgehead atoms. The Bertz CT molecular complexity index is 474. The van der Waals surface area contributed by atoms with E-state index >= 15 is 0 Å². The average Bonchev–Trinajstić information content (AvgIpc) is 3.00. The third kappa shape index (κ3) is 2.10. The highest BCUT2D eigenvalue weighted by Crippen LogP contribution is 2.29. The van der Waals surface area contributed by atoms with Crippen LogP contribution < -0.4 is 10.2 Å². The number of para-hydroxylation sites is 1. The second-order valence-electron chi connectivity index (χ2n) is 5.51. The van der Waals surface area contributed by atoms with Crippen LogP contribution in [0.1, 0.15) is 17.5 Å². The van der Waals surface area contributed by atoms with Crippen LogP contribution in [0.25, 0.3) is 0 Å².